The third-order valence-corrected chi connectivity index (χ3v) is 2.44. The Balaban J connectivity index is 2.69. The van der Waals surface area contributed by atoms with Crippen molar-refractivity contribution in [3.63, 3.8) is 0 Å². The highest BCUT2D eigenvalue weighted by Gasteiger charge is 2.41. The first-order valence-corrected chi connectivity index (χ1v) is 4.97. The van der Waals surface area contributed by atoms with Crippen molar-refractivity contribution in [3.8, 4) is 0 Å². The fraction of sp³-hybridized carbons (Fsp3) is 1.00. The van der Waals surface area contributed by atoms with Crippen molar-refractivity contribution in [2.24, 2.45) is 0 Å². The molecule has 1 aliphatic heterocycles. The van der Waals surface area contributed by atoms with E-state index in [1.165, 1.54) is 12.2 Å². The van der Waals surface area contributed by atoms with Crippen LogP contribution in [0.1, 0.15) is 13.8 Å². The van der Waals surface area contributed by atoms with Crippen molar-refractivity contribution >= 4 is 0 Å². The summed E-state index contributed by atoms with van der Waals surface area (Å²) >= 11 is 0. The highest BCUT2D eigenvalue weighted by Crippen LogP contribution is 2.20. The van der Waals surface area contributed by atoms with Gasteiger partial charge in [0.1, 0.15) is 18.3 Å². The molecule has 0 amide bonds. The van der Waals surface area contributed by atoms with Gasteiger partial charge in [0.25, 0.3) is 0 Å². The average Bonchev–Trinajstić information content (AvgIpc) is 2.18. The van der Waals surface area contributed by atoms with Crippen molar-refractivity contribution in [3.05, 3.63) is 0 Å². The molecule has 0 spiro atoms. The van der Waals surface area contributed by atoms with Crippen LogP contribution in [0, 0.1) is 0 Å². The normalized spacial score (nSPS) is 37.6. The number of hydrogen-bond donors (Lipinski definition) is 3. The van der Waals surface area contributed by atoms with Crippen LogP contribution in [-0.4, -0.2) is 64.7 Å². The van der Waals surface area contributed by atoms with E-state index >= 15 is 0 Å². The summed E-state index contributed by atoms with van der Waals surface area (Å²) in [5.41, 5.74) is 0. The van der Waals surface area contributed by atoms with Crippen LogP contribution in [-0.2, 0) is 9.57 Å². The predicted octanol–water partition coefficient (Wildman–Crippen LogP) is -1.30. The van der Waals surface area contributed by atoms with E-state index < -0.39 is 24.5 Å². The summed E-state index contributed by atoms with van der Waals surface area (Å²) in [6.07, 6.45) is -4.20. The van der Waals surface area contributed by atoms with Gasteiger partial charge in [-0.25, -0.2) is 0 Å². The van der Waals surface area contributed by atoms with E-state index in [0.717, 1.165) is 0 Å². The summed E-state index contributed by atoms with van der Waals surface area (Å²) in [5.74, 6) is 0. The van der Waals surface area contributed by atoms with Gasteiger partial charge >= 0.3 is 0 Å². The van der Waals surface area contributed by atoms with E-state index in [0.29, 0.717) is 0 Å². The summed E-state index contributed by atoms with van der Waals surface area (Å²) in [7, 11) is 1.47. The molecule has 0 aromatic rings. The highest BCUT2D eigenvalue weighted by molar-refractivity contribution is 4.85. The summed E-state index contributed by atoms with van der Waals surface area (Å²) in [4.78, 5) is 5.06. The molecule has 0 aromatic carbocycles. The Bertz CT molecular complexity index is 201. The van der Waals surface area contributed by atoms with Crippen LogP contribution in [0.25, 0.3) is 0 Å². The zero-order chi connectivity index (χ0) is 11.6. The fourth-order valence-corrected chi connectivity index (χ4v) is 1.62. The van der Waals surface area contributed by atoms with Gasteiger partial charge in [0.2, 0.25) is 0 Å². The molecule has 90 valence electrons. The van der Waals surface area contributed by atoms with Gasteiger partial charge in [0.15, 0.2) is 6.23 Å². The van der Waals surface area contributed by atoms with E-state index in [1.54, 1.807) is 0 Å². The van der Waals surface area contributed by atoms with Crippen molar-refractivity contribution in [1.29, 1.82) is 0 Å². The van der Waals surface area contributed by atoms with Gasteiger partial charge in [-0.3, -0.25) is 4.84 Å². The monoisotopic (exact) mass is 221 g/mol. The minimum atomic E-state index is -1.21. The van der Waals surface area contributed by atoms with Gasteiger partial charge in [-0.1, -0.05) is 0 Å². The zero-order valence-electron chi connectivity index (χ0n) is 9.20. The van der Waals surface area contributed by atoms with Crippen molar-refractivity contribution in [2.45, 2.75) is 44.4 Å². The summed E-state index contributed by atoms with van der Waals surface area (Å²) in [6, 6.07) is -0.00269. The Morgan fingerprint density at radius 2 is 1.87 bits per heavy atom. The quantitative estimate of drug-likeness (QED) is 0.514. The van der Waals surface area contributed by atoms with Crippen molar-refractivity contribution in [2.75, 3.05) is 13.7 Å². The summed E-state index contributed by atoms with van der Waals surface area (Å²) < 4.78 is 5.23. The second kappa shape index (κ2) is 5.20. The molecule has 1 saturated heterocycles. The smallest absolute Gasteiger partial charge is 0.161 e. The maximum absolute atomic E-state index is 9.70. The first kappa shape index (κ1) is 12.8. The second-order valence-corrected chi connectivity index (χ2v) is 3.91. The number of ether oxygens (including phenoxy) is 1. The van der Waals surface area contributed by atoms with Crippen LogP contribution < -0.4 is 0 Å². The lowest BCUT2D eigenvalue weighted by molar-refractivity contribution is -0.316. The Labute approximate surface area is 89.0 Å². The highest BCUT2D eigenvalue weighted by atomic mass is 16.7. The van der Waals surface area contributed by atoms with Crippen molar-refractivity contribution in [1.82, 2.24) is 5.06 Å². The Kier molecular flexibility index (Phi) is 4.45. The maximum Gasteiger partial charge on any atom is 0.161 e. The molecule has 6 heteroatoms. The molecule has 0 bridgehead atoms. The van der Waals surface area contributed by atoms with Crippen LogP contribution >= 0.6 is 0 Å². The molecule has 0 aliphatic carbocycles. The van der Waals surface area contributed by atoms with Gasteiger partial charge in [0, 0.05) is 6.04 Å². The maximum atomic E-state index is 9.70. The molecule has 6 nitrogen and oxygen atoms in total. The number of hydrogen-bond acceptors (Lipinski definition) is 6. The first-order chi connectivity index (χ1) is 6.99. The molecule has 3 N–H and O–H groups in total. The average molecular weight is 221 g/mol. The van der Waals surface area contributed by atoms with Crippen LogP contribution in [0.4, 0.5) is 0 Å². The molecule has 2 unspecified atom stereocenters. The second-order valence-electron chi connectivity index (χ2n) is 3.91. The zero-order valence-corrected chi connectivity index (χ0v) is 9.20. The van der Waals surface area contributed by atoms with Crippen LogP contribution in [0.5, 0.6) is 0 Å². The molecule has 1 fully saturated rings. The Hall–Kier alpha value is -0.240. The molecule has 15 heavy (non-hydrogen) atoms. The minimum Gasteiger partial charge on any atom is -0.388 e. The molecular weight excluding hydrogens is 202 g/mol. The first-order valence-electron chi connectivity index (χ1n) is 4.97. The minimum absolute atomic E-state index is 0.00269. The number of aliphatic hydroxyl groups is 3. The van der Waals surface area contributed by atoms with Crippen molar-refractivity contribution < 1.29 is 24.9 Å². The summed E-state index contributed by atoms with van der Waals surface area (Å²) in [6.45, 7) is 3.73. The van der Waals surface area contributed by atoms with Gasteiger partial charge in [-0.15, -0.1) is 0 Å². The third-order valence-electron chi connectivity index (χ3n) is 2.44. The lowest BCUT2D eigenvalue weighted by Crippen LogP contribution is -2.60. The standard InChI is InChI=1S/C9H19NO5/c1-5(2)10(14-3)9-8(13)7(12)6(11)4-15-9/h5-9,11-13H,4H2,1-3H3/t6-,7+,8?,9?/m0/s1. The van der Waals surface area contributed by atoms with Crippen LogP contribution in [0.2, 0.25) is 0 Å². The third kappa shape index (κ3) is 2.66. The van der Waals surface area contributed by atoms with Gasteiger partial charge in [-0.05, 0) is 13.8 Å². The summed E-state index contributed by atoms with van der Waals surface area (Å²) in [5, 5.41) is 29.9. The van der Waals surface area contributed by atoms with E-state index in [-0.39, 0.29) is 12.6 Å². The molecule has 1 aliphatic rings. The van der Waals surface area contributed by atoms with Crippen LogP contribution in [0.3, 0.4) is 0 Å². The van der Waals surface area contributed by atoms with E-state index in [1.807, 2.05) is 13.8 Å². The largest absolute Gasteiger partial charge is 0.388 e. The molecule has 0 saturated carbocycles. The Morgan fingerprint density at radius 1 is 1.27 bits per heavy atom. The molecule has 0 radical (unpaired) electrons. The van der Waals surface area contributed by atoms with Crippen LogP contribution in [0.15, 0.2) is 0 Å². The number of aliphatic hydroxyl groups excluding tert-OH is 3. The topological polar surface area (TPSA) is 82.4 Å². The molecule has 4 atom stereocenters. The van der Waals surface area contributed by atoms with Gasteiger partial charge in [0.05, 0.1) is 13.7 Å². The molecule has 1 heterocycles. The lowest BCUT2D eigenvalue weighted by Gasteiger charge is -2.41. The van der Waals surface area contributed by atoms with Gasteiger partial charge < -0.3 is 20.1 Å². The molecular formula is C9H19NO5. The Morgan fingerprint density at radius 3 is 2.33 bits per heavy atom. The van der Waals surface area contributed by atoms with E-state index in [2.05, 4.69) is 0 Å². The number of rotatable bonds is 3. The molecule has 0 aromatic heterocycles. The lowest BCUT2D eigenvalue weighted by atomic mass is 10.0. The molecule has 1 rings (SSSR count). The van der Waals surface area contributed by atoms with E-state index in [4.69, 9.17) is 9.57 Å². The predicted molar refractivity (Wildman–Crippen MR) is 51.7 cm³/mol. The fourth-order valence-electron chi connectivity index (χ4n) is 1.62. The number of hydroxylamine groups is 2. The van der Waals surface area contributed by atoms with E-state index in [9.17, 15) is 15.3 Å². The number of nitrogens with zero attached hydrogens (tertiary/aromatic N) is 1. The van der Waals surface area contributed by atoms with Gasteiger partial charge in [-0.2, -0.15) is 5.06 Å². The SMILES string of the molecule is CON(C(C)C)C1OC[C@H](O)[C@@H](O)C1O.